The molecule has 1 aromatic carbocycles. The van der Waals surface area contributed by atoms with E-state index in [1.54, 1.807) is 4.68 Å². The van der Waals surface area contributed by atoms with Crippen molar-refractivity contribution in [3.05, 3.63) is 46.2 Å². The summed E-state index contributed by atoms with van der Waals surface area (Å²) in [5, 5.41) is 14.3. The number of benzene rings is 1. The zero-order valence-corrected chi connectivity index (χ0v) is 11.4. The lowest BCUT2D eigenvalue weighted by Gasteiger charge is -2.13. The lowest BCUT2D eigenvalue weighted by atomic mass is 10.1. The van der Waals surface area contributed by atoms with Gasteiger partial charge in [0.25, 0.3) is 0 Å². The maximum absolute atomic E-state index is 13.0. The highest BCUT2D eigenvalue weighted by Gasteiger charge is 2.19. The number of aromatic nitrogens is 3. The van der Waals surface area contributed by atoms with Crippen LogP contribution in [0.5, 0.6) is 0 Å². The smallest absolute Gasteiger partial charge is 0.160 e. The van der Waals surface area contributed by atoms with Crippen LogP contribution in [-0.4, -0.2) is 19.9 Å². The lowest BCUT2D eigenvalue weighted by Crippen LogP contribution is -2.11. The van der Waals surface area contributed by atoms with Gasteiger partial charge in [-0.05, 0) is 18.6 Å². The molecule has 0 radical (unpaired) electrons. The van der Waals surface area contributed by atoms with Crippen molar-refractivity contribution in [2.45, 2.75) is 26.0 Å². The number of aliphatic hydroxyl groups excluding tert-OH is 1. The van der Waals surface area contributed by atoms with E-state index in [4.69, 9.17) is 0 Å². The molecule has 0 fully saturated rings. The molecular formula is C12H13BrFN3O. The van der Waals surface area contributed by atoms with Crippen molar-refractivity contribution in [2.24, 2.45) is 0 Å². The van der Waals surface area contributed by atoms with Crippen LogP contribution in [0.3, 0.4) is 0 Å². The fraction of sp³-hybridized carbons (Fsp3) is 0.333. The summed E-state index contributed by atoms with van der Waals surface area (Å²) in [4.78, 5) is 4.06. The molecule has 0 aliphatic heterocycles. The van der Waals surface area contributed by atoms with Crippen LogP contribution in [0.25, 0.3) is 0 Å². The van der Waals surface area contributed by atoms with Gasteiger partial charge < -0.3 is 5.11 Å². The standard InChI is InChI=1S/C12H13BrFN3O/c1-2-5-17-12(15-7-16-17)11(18)9-4-3-8(14)6-10(9)13/h3-4,6-7,11,18H,2,5H2,1H3. The van der Waals surface area contributed by atoms with Crippen LogP contribution in [0, 0.1) is 5.82 Å². The summed E-state index contributed by atoms with van der Waals surface area (Å²) in [5.74, 6) is 0.108. The molecule has 18 heavy (non-hydrogen) atoms. The lowest BCUT2D eigenvalue weighted by molar-refractivity contribution is 0.201. The van der Waals surface area contributed by atoms with Crippen molar-refractivity contribution < 1.29 is 9.50 Å². The van der Waals surface area contributed by atoms with Gasteiger partial charge in [0.15, 0.2) is 5.82 Å². The molecule has 2 rings (SSSR count). The van der Waals surface area contributed by atoms with Gasteiger partial charge in [-0.1, -0.05) is 28.9 Å². The average Bonchev–Trinajstić information content (AvgIpc) is 2.77. The fourth-order valence-electron chi connectivity index (χ4n) is 1.73. The second kappa shape index (κ2) is 5.58. The summed E-state index contributed by atoms with van der Waals surface area (Å²) in [6, 6.07) is 4.16. The van der Waals surface area contributed by atoms with Crippen molar-refractivity contribution in [3.63, 3.8) is 0 Å². The van der Waals surface area contributed by atoms with E-state index in [0.29, 0.717) is 22.4 Å². The average molecular weight is 314 g/mol. The maximum atomic E-state index is 13.0. The number of hydrogen-bond acceptors (Lipinski definition) is 3. The number of hydrogen-bond donors (Lipinski definition) is 1. The summed E-state index contributed by atoms with van der Waals surface area (Å²) in [6.45, 7) is 2.71. The minimum atomic E-state index is -0.922. The highest BCUT2D eigenvalue weighted by atomic mass is 79.9. The Hall–Kier alpha value is -1.27. The van der Waals surface area contributed by atoms with E-state index in [2.05, 4.69) is 26.0 Å². The molecule has 0 bridgehead atoms. The number of aryl methyl sites for hydroxylation is 1. The van der Waals surface area contributed by atoms with Gasteiger partial charge in [-0.3, -0.25) is 0 Å². The van der Waals surface area contributed by atoms with Gasteiger partial charge in [0.1, 0.15) is 18.2 Å². The Morgan fingerprint density at radius 3 is 2.94 bits per heavy atom. The first kappa shape index (κ1) is 13.2. The molecule has 0 saturated carbocycles. The molecule has 4 nitrogen and oxygen atoms in total. The Morgan fingerprint density at radius 2 is 2.28 bits per heavy atom. The summed E-state index contributed by atoms with van der Waals surface area (Å²) in [6.07, 6.45) is 1.38. The summed E-state index contributed by atoms with van der Waals surface area (Å²) in [5.41, 5.74) is 0.571. The first-order chi connectivity index (χ1) is 8.63. The van der Waals surface area contributed by atoms with Crippen molar-refractivity contribution in [1.29, 1.82) is 0 Å². The van der Waals surface area contributed by atoms with Gasteiger partial charge in [0.2, 0.25) is 0 Å². The number of halogens is 2. The Morgan fingerprint density at radius 1 is 1.50 bits per heavy atom. The first-order valence-corrected chi connectivity index (χ1v) is 6.43. The van der Waals surface area contributed by atoms with E-state index in [1.807, 2.05) is 6.92 Å². The fourth-order valence-corrected chi connectivity index (χ4v) is 2.30. The predicted octanol–water partition coefficient (Wildman–Crippen LogP) is 2.67. The third kappa shape index (κ3) is 2.59. The second-order valence-electron chi connectivity index (χ2n) is 3.91. The van der Waals surface area contributed by atoms with E-state index in [-0.39, 0.29) is 5.82 Å². The van der Waals surface area contributed by atoms with E-state index in [1.165, 1.54) is 24.5 Å². The zero-order valence-electron chi connectivity index (χ0n) is 9.85. The minimum Gasteiger partial charge on any atom is -0.380 e. The van der Waals surface area contributed by atoms with Crippen molar-refractivity contribution in [3.8, 4) is 0 Å². The highest BCUT2D eigenvalue weighted by molar-refractivity contribution is 9.10. The van der Waals surface area contributed by atoms with Crippen LogP contribution in [0.2, 0.25) is 0 Å². The van der Waals surface area contributed by atoms with Crippen LogP contribution >= 0.6 is 15.9 Å². The molecule has 1 aromatic heterocycles. The van der Waals surface area contributed by atoms with Crippen LogP contribution in [0.4, 0.5) is 4.39 Å². The van der Waals surface area contributed by atoms with Crippen molar-refractivity contribution in [2.75, 3.05) is 0 Å². The normalized spacial score (nSPS) is 12.7. The van der Waals surface area contributed by atoms with E-state index < -0.39 is 6.10 Å². The monoisotopic (exact) mass is 313 g/mol. The molecule has 6 heteroatoms. The first-order valence-electron chi connectivity index (χ1n) is 5.64. The molecule has 0 amide bonds. The van der Waals surface area contributed by atoms with Gasteiger partial charge in [0.05, 0.1) is 0 Å². The molecular weight excluding hydrogens is 301 g/mol. The molecule has 2 aromatic rings. The Labute approximate surface area is 113 Å². The summed E-state index contributed by atoms with van der Waals surface area (Å²) < 4.78 is 15.2. The summed E-state index contributed by atoms with van der Waals surface area (Å²) in [7, 11) is 0. The maximum Gasteiger partial charge on any atom is 0.160 e. The van der Waals surface area contributed by atoms with Gasteiger partial charge in [-0.2, -0.15) is 5.10 Å². The third-order valence-corrected chi connectivity index (χ3v) is 3.27. The van der Waals surface area contributed by atoms with Crippen LogP contribution in [-0.2, 0) is 6.54 Å². The van der Waals surface area contributed by atoms with E-state index in [9.17, 15) is 9.50 Å². The van der Waals surface area contributed by atoms with Crippen LogP contribution < -0.4 is 0 Å². The topological polar surface area (TPSA) is 50.9 Å². The number of rotatable bonds is 4. The molecule has 0 spiro atoms. The second-order valence-corrected chi connectivity index (χ2v) is 4.76. The quantitative estimate of drug-likeness (QED) is 0.944. The molecule has 1 atom stereocenters. The van der Waals surface area contributed by atoms with Gasteiger partial charge >= 0.3 is 0 Å². The Bertz CT molecular complexity index is 544. The number of nitrogens with zero attached hydrogens (tertiary/aromatic N) is 3. The Balaban J connectivity index is 2.35. The Kier molecular flexibility index (Phi) is 4.08. The SMILES string of the molecule is CCCn1ncnc1C(O)c1ccc(F)cc1Br. The largest absolute Gasteiger partial charge is 0.380 e. The van der Waals surface area contributed by atoms with Gasteiger partial charge in [0, 0.05) is 16.6 Å². The molecule has 0 saturated heterocycles. The molecule has 1 N–H and O–H groups in total. The van der Waals surface area contributed by atoms with E-state index in [0.717, 1.165) is 6.42 Å². The van der Waals surface area contributed by atoms with Crippen molar-refractivity contribution >= 4 is 15.9 Å². The van der Waals surface area contributed by atoms with E-state index >= 15 is 0 Å². The number of aliphatic hydroxyl groups is 1. The molecule has 1 heterocycles. The zero-order chi connectivity index (χ0) is 13.1. The molecule has 0 aliphatic carbocycles. The van der Waals surface area contributed by atoms with Gasteiger partial charge in [-0.15, -0.1) is 0 Å². The molecule has 0 aliphatic rings. The third-order valence-electron chi connectivity index (χ3n) is 2.58. The molecule has 96 valence electrons. The highest BCUT2D eigenvalue weighted by Crippen LogP contribution is 2.28. The minimum absolute atomic E-state index is 0.354. The van der Waals surface area contributed by atoms with Gasteiger partial charge in [-0.25, -0.2) is 14.1 Å². The van der Waals surface area contributed by atoms with Crippen molar-refractivity contribution in [1.82, 2.24) is 14.8 Å². The molecule has 1 unspecified atom stereocenters. The van der Waals surface area contributed by atoms with Crippen LogP contribution in [0.15, 0.2) is 29.0 Å². The van der Waals surface area contributed by atoms with Crippen LogP contribution in [0.1, 0.15) is 30.8 Å². The predicted molar refractivity (Wildman–Crippen MR) is 68.5 cm³/mol. The summed E-state index contributed by atoms with van der Waals surface area (Å²) >= 11 is 3.24.